The largest absolute Gasteiger partial charge is 0.481 e. The van der Waals surface area contributed by atoms with Crippen molar-refractivity contribution in [1.82, 2.24) is 0 Å². The number of aryl methyl sites for hydroxylation is 1. The Hall–Kier alpha value is -1.88. The van der Waals surface area contributed by atoms with E-state index in [0.29, 0.717) is 6.42 Å². The van der Waals surface area contributed by atoms with Gasteiger partial charge in [0.2, 0.25) is 5.91 Å². The molecule has 0 radical (unpaired) electrons. The van der Waals surface area contributed by atoms with Gasteiger partial charge in [0.15, 0.2) is 0 Å². The molecule has 0 saturated heterocycles. The van der Waals surface area contributed by atoms with E-state index in [4.69, 9.17) is 10.8 Å². The molecule has 0 aliphatic heterocycles. The van der Waals surface area contributed by atoms with Crippen LogP contribution < -0.4 is 10.6 Å². The van der Waals surface area contributed by atoms with Gasteiger partial charge in [0.05, 0.1) is 12.3 Å². The van der Waals surface area contributed by atoms with Crippen molar-refractivity contribution >= 4 is 17.6 Å². The fourth-order valence-corrected chi connectivity index (χ4v) is 2.21. The van der Waals surface area contributed by atoms with Crippen molar-refractivity contribution < 1.29 is 14.7 Å². The molecule has 0 saturated carbocycles. The van der Waals surface area contributed by atoms with Crippen LogP contribution in [0.1, 0.15) is 31.7 Å². The summed E-state index contributed by atoms with van der Waals surface area (Å²) >= 11 is 0. The summed E-state index contributed by atoms with van der Waals surface area (Å²) in [6.07, 6.45) is 1.50. The van der Waals surface area contributed by atoms with Crippen LogP contribution in [0.2, 0.25) is 0 Å². The predicted molar refractivity (Wildman–Crippen MR) is 83.2 cm³/mol. The Morgan fingerprint density at radius 2 is 1.90 bits per heavy atom. The van der Waals surface area contributed by atoms with E-state index in [2.05, 4.69) is 0 Å². The average Bonchev–Trinajstić information content (AvgIpc) is 2.46. The Bertz CT molecular complexity index is 471. The third-order valence-electron chi connectivity index (χ3n) is 3.43. The normalized spacial score (nSPS) is 12.0. The van der Waals surface area contributed by atoms with Gasteiger partial charge in [0.25, 0.3) is 0 Å². The molecular weight excluding hydrogens is 268 g/mol. The Morgan fingerprint density at radius 1 is 1.29 bits per heavy atom. The lowest BCUT2D eigenvalue weighted by Gasteiger charge is -2.26. The van der Waals surface area contributed by atoms with E-state index in [0.717, 1.165) is 17.7 Å². The molecule has 1 rings (SSSR count). The number of hydrogen-bond acceptors (Lipinski definition) is 3. The maximum Gasteiger partial charge on any atom is 0.305 e. The molecule has 116 valence electrons. The van der Waals surface area contributed by atoms with Crippen molar-refractivity contribution in [3.63, 3.8) is 0 Å². The molecule has 0 aromatic heterocycles. The second kappa shape index (κ2) is 8.42. The van der Waals surface area contributed by atoms with Gasteiger partial charge in [-0.3, -0.25) is 9.59 Å². The standard InChI is InChI=1S/C16H24N2O3/c1-3-4-13(11-17)16(21)18(10-9-15(19)20)14-7-5-12(2)6-8-14/h5-8,13H,3-4,9-11,17H2,1-2H3,(H,19,20). The highest BCUT2D eigenvalue weighted by molar-refractivity contribution is 5.95. The van der Waals surface area contributed by atoms with Gasteiger partial charge in [-0.1, -0.05) is 31.0 Å². The van der Waals surface area contributed by atoms with Crippen molar-refractivity contribution in [1.29, 1.82) is 0 Å². The number of hydrogen-bond donors (Lipinski definition) is 2. The van der Waals surface area contributed by atoms with E-state index < -0.39 is 5.97 Å². The van der Waals surface area contributed by atoms with Crippen LogP contribution in [0.5, 0.6) is 0 Å². The summed E-state index contributed by atoms with van der Waals surface area (Å²) in [5, 5.41) is 8.87. The first-order valence-electron chi connectivity index (χ1n) is 7.29. The molecule has 1 atom stereocenters. The molecule has 1 aromatic rings. The number of nitrogens with zero attached hydrogens (tertiary/aromatic N) is 1. The molecule has 0 spiro atoms. The maximum atomic E-state index is 12.6. The lowest BCUT2D eigenvalue weighted by Crippen LogP contribution is -2.40. The molecule has 1 aromatic carbocycles. The molecule has 0 bridgehead atoms. The summed E-state index contributed by atoms with van der Waals surface area (Å²) in [5.74, 6) is -1.27. The zero-order valence-electron chi connectivity index (χ0n) is 12.7. The number of anilines is 1. The molecular formula is C16H24N2O3. The van der Waals surface area contributed by atoms with E-state index in [1.165, 1.54) is 0 Å². The first kappa shape index (κ1) is 17.2. The van der Waals surface area contributed by atoms with Gasteiger partial charge in [-0.25, -0.2) is 0 Å². The number of carbonyl (C=O) groups is 2. The van der Waals surface area contributed by atoms with Crippen molar-refractivity contribution in [2.24, 2.45) is 11.7 Å². The molecule has 0 fully saturated rings. The van der Waals surface area contributed by atoms with Gasteiger partial charge in [-0.15, -0.1) is 0 Å². The van der Waals surface area contributed by atoms with Crippen LogP contribution in [0.25, 0.3) is 0 Å². The SMILES string of the molecule is CCCC(CN)C(=O)N(CCC(=O)O)c1ccc(C)cc1. The first-order valence-corrected chi connectivity index (χ1v) is 7.29. The quantitative estimate of drug-likeness (QED) is 0.769. The molecule has 21 heavy (non-hydrogen) atoms. The predicted octanol–water partition coefficient (Wildman–Crippen LogP) is 2.18. The topological polar surface area (TPSA) is 83.6 Å². The van der Waals surface area contributed by atoms with Crippen LogP contribution in [0.15, 0.2) is 24.3 Å². The lowest BCUT2D eigenvalue weighted by molar-refractivity contribution is -0.136. The summed E-state index contributed by atoms with van der Waals surface area (Å²) in [5.41, 5.74) is 7.51. The molecule has 5 heteroatoms. The minimum Gasteiger partial charge on any atom is -0.481 e. The van der Waals surface area contributed by atoms with E-state index in [-0.39, 0.29) is 31.3 Å². The van der Waals surface area contributed by atoms with E-state index in [9.17, 15) is 9.59 Å². The van der Waals surface area contributed by atoms with Crippen LogP contribution in [0.3, 0.4) is 0 Å². The number of rotatable bonds is 8. The van der Waals surface area contributed by atoms with Crippen LogP contribution in [0, 0.1) is 12.8 Å². The van der Waals surface area contributed by atoms with Gasteiger partial charge in [0, 0.05) is 18.8 Å². The number of aliphatic carboxylic acids is 1. The highest BCUT2D eigenvalue weighted by Crippen LogP contribution is 2.20. The van der Waals surface area contributed by atoms with Crippen LogP contribution >= 0.6 is 0 Å². The third-order valence-corrected chi connectivity index (χ3v) is 3.43. The Balaban J connectivity index is 2.97. The lowest BCUT2D eigenvalue weighted by atomic mass is 10.0. The minimum absolute atomic E-state index is 0.0803. The first-order chi connectivity index (χ1) is 9.99. The van der Waals surface area contributed by atoms with E-state index >= 15 is 0 Å². The number of benzene rings is 1. The van der Waals surface area contributed by atoms with Gasteiger partial charge in [-0.2, -0.15) is 0 Å². The summed E-state index contributed by atoms with van der Waals surface area (Å²) in [7, 11) is 0. The Kier molecular flexibility index (Phi) is 6.88. The fourth-order valence-electron chi connectivity index (χ4n) is 2.21. The number of carboxylic acid groups (broad SMARTS) is 1. The molecule has 1 amide bonds. The van der Waals surface area contributed by atoms with Crippen molar-refractivity contribution in [2.75, 3.05) is 18.0 Å². The van der Waals surface area contributed by atoms with Crippen LogP contribution in [-0.4, -0.2) is 30.1 Å². The molecule has 0 heterocycles. The third kappa shape index (κ3) is 5.19. The second-order valence-electron chi connectivity index (χ2n) is 5.19. The van der Waals surface area contributed by atoms with Gasteiger partial charge < -0.3 is 15.7 Å². The second-order valence-corrected chi connectivity index (χ2v) is 5.19. The van der Waals surface area contributed by atoms with E-state index in [1.807, 2.05) is 38.1 Å². The summed E-state index contributed by atoms with van der Waals surface area (Å²) in [6.45, 7) is 4.41. The number of carboxylic acids is 1. The summed E-state index contributed by atoms with van der Waals surface area (Å²) in [6, 6.07) is 7.50. The number of amides is 1. The zero-order chi connectivity index (χ0) is 15.8. The Labute approximate surface area is 125 Å². The van der Waals surface area contributed by atoms with Crippen molar-refractivity contribution in [2.45, 2.75) is 33.1 Å². The van der Waals surface area contributed by atoms with Gasteiger partial charge >= 0.3 is 5.97 Å². The summed E-state index contributed by atoms with van der Waals surface area (Å²) in [4.78, 5) is 25.0. The smallest absolute Gasteiger partial charge is 0.305 e. The minimum atomic E-state index is -0.917. The molecule has 0 aliphatic rings. The molecule has 0 aliphatic carbocycles. The number of nitrogens with two attached hydrogens (primary N) is 1. The number of carbonyl (C=O) groups excluding carboxylic acids is 1. The maximum absolute atomic E-state index is 12.6. The van der Waals surface area contributed by atoms with Crippen molar-refractivity contribution in [3.05, 3.63) is 29.8 Å². The molecule has 5 nitrogen and oxygen atoms in total. The molecule has 1 unspecified atom stereocenters. The Morgan fingerprint density at radius 3 is 2.38 bits per heavy atom. The highest BCUT2D eigenvalue weighted by Gasteiger charge is 2.24. The fraction of sp³-hybridized carbons (Fsp3) is 0.500. The van der Waals surface area contributed by atoms with Gasteiger partial charge in [0.1, 0.15) is 0 Å². The monoisotopic (exact) mass is 292 g/mol. The zero-order valence-corrected chi connectivity index (χ0v) is 12.7. The van der Waals surface area contributed by atoms with Crippen molar-refractivity contribution in [3.8, 4) is 0 Å². The van der Waals surface area contributed by atoms with Gasteiger partial charge in [-0.05, 0) is 25.5 Å². The molecule has 3 N–H and O–H groups in total. The van der Waals surface area contributed by atoms with E-state index in [1.54, 1.807) is 4.90 Å². The van der Waals surface area contributed by atoms with Crippen LogP contribution in [-0.2, 0) is 9.59 Å². The van der Waals surface area contributed by atoms with Crippen LogP contribution in [0.4, 0.5) is 5.69 Å². The highest BCUT2D eigenvalue weighted by atomic mass is 16.4. The average molecular weight is 292 g/mol. The summed E-state index contributed by atoms with van der Waals surface area (Å²) < 4.78 is 0.